The Labute approximate surface area is 102 Å². The Morgan fingerprint density at radius 1 is 1.38 bits per heavy atom. The lowest BCUT2D eigenvalue weighted by Gasteiger charge is -2.31. The van der Waals surface area contributed by atoms with Crippen molar-refractivity contribution in [1.82, 2.24) is 14.9 Å². The van der Waals surface area contributed by atoms with Crippen molar-refractivity contribution < 1.29 is 0 Å². The number of aromatic nitrogens is 2. The van der Waals surface area contributed by atoms with Gasteiger partial charge in [0.2, 0.25) is 0 Å². The second-order valence-electron chi connectivity index (χ2n) is 4.46. The highest BCUT2D eigenvalue weighted by atomic mass is 35.5. The van der Waals surface area contributed by atoms with Crippen molar-refractivity contribution in [3.8, 4) is 0 Å². The molecule has 0 spiro atoms. The van der Waals surface area contributed by atoms with Crippen LogP contribution in [0.5, 0.6) is 0 Å². The lowest BCUT2D eigenvalue weighted by molar-refractivity contribution is 0.176. The molecule has 0 aromatic carbocycles. The largest absolute Gasteiger partial charge is 0.297 e. The highest BCUT2D eigenvalue weighted by Gasteiger charge is 2.20. The van der Waals surface area contributed by atoms with E-state index >= 15 is 0 Å². The van der Waals surface area contributed by atoms with Gasteiger partial charge in [0.25, 0.3) is 0 Å². The fraction of sp³-hybridized carbons (Fsp3) is 0.667. The van der Waals surface area contributed by atoms with Gasteiger partial charge in [-0.1, -0.05) is 24.9 Å². The second-order valence-corrected chi connectivity index (χ2v) is 4.84. The molecule has 1 aliphatic carbocycles. The first-order valence-electron chi connectivity index (χ1n) is 5.96. The van der Waals surface area contributed by atoms with Crippen molar-refractivity contribution >= 4 is 11.6 Å². The van der Waals surface area contributed by atoms with Gasteiger partial charge >= 0.3 is 0 Å². The summed E-state index contributed by atoms with van der Waals surface area (Å²) in [4.78, 5) is 10.8. The van der Waals surface area contributed by atoms with E-state index in [-0.39, 0.29) is 0 Å². The minimum absolute atomic E-state index is 0.464. The third-order valence-corrected chi connectivity index (χ3v) is 3.44. The summed E-state index contributed by atoms with van der Waals surface area (Å²) in [5.74, 6) is 0.903. The van der Waals surface area contributed by atoms with Crippen LogP contribution < -0.4 is 0 Å². The number of hydrogen-bond acceptors (Lipinski definition) is 3. The smallest absolute Gasteiger partial charge is 0.147 e. The molecule has 0 bridgehead atoms. The van der Waals surface area contributed by atoms with Crippen LogP contribution in [0.3, 0.4) is 0 Å². The van der Waals surface area contributed by atoms with E-state index in [1.54, 1.807) is 12.4 Å². The molecule has 3 nitrogen and oxygen atoms in total. The summed E-state index contributed by atoms with van der Waals surface area (Å²) in [5, 5.41) is 0.464. The number of rotatable bonds is 5. The molecule has 0 aliphatic heterocycles. The SMILES string of the molecule is CCN(Cc1cnc(Cl)cn1)CC1CCC1. The molecule has 0 saturated heterocycles. The molecule has 1 aromatic heterocycles. The van der Waals surface area contributed by atoms with E-state index in [2.05, 4.69) is 21.8 Å². The van der Waals surface area contributed by atoms with Crippen molar-refractivity contribution in [1.29, 1.82) is 0 Å². The zero-order valence-corrected chi connectivity index (χ0v) is 10.5. The highest BCUT2D eigenvalue weighted by Crippen LogP contribution is 2.27. The molecule has 2 rings (SSSR count). The quantitative estimate of drug-likeness (QED) is 0.791. The Balaban J connectivity index is 1.87. The predicted molar refractivity (Wildman–Crippen MR) is 65.3 cm³/mol. The van der Waals surface area contributed by atoms with Gasteiger partial charge in [-0.05, 0) is 25.3 Å². The normalized spacial score (nSPS) is 16.4. The third-order valence-electron chi connectivity index (χ3n) is 3.25. The van der Waals surface area contributed by atoms with Gasteiger partial charge in [-0.3, -0.25) is 9.88 Å². The first-order chi connectivity index (χ1) is 7.78. The molecule has 1 heterocycles. The van der Waals surface area contributed by atoms with Gasteiger partial charge in [0.05, 0.1) is 18.1 Å². The van der Waals surface area contributed by atoms with Gasteiger partial charge in [0, 0.05) is 13.1 Å². The molecular weight excluding hydrogens is 222 g/mol. The summed E-state index contributed by atoms with van der Waals surface area (Å²) < 4.78 is 0. The maximum atomic E-state index is 5.71. The molecule has 0 radical (unpaired) electrons. The Hall–Kier alpha value is -0.670. The summed E-state index contributed by atoms with van der Waals surface area (Å²) >= 11 is 5.71. The standard InChI is InChI=1S/C12H18ClN3/c1-2-16(8-10-4-3-5-10)9-11-6-15-12(13)7-14-11/h6-7,10H,2-5,8-9H2,1H3. The van der Waals surface area contributed by atoms with E-state index < -0.39 is 0 Å². The molecule has 0 unspecified atom stereocenters. The van der Waals surface area contributed by atoms with Crippen LogP contribution in [0.4, 0.5) is 0 Å². The third kappa shape index (κ3) is 3.16. The topological polar surface area (TPSA) is 29.0 Å². The summed E-state index contributed by atoms with van der Waals surface area (Å²) in [5.41, 5.74) is 1.01. The van der Waals surface area contributed by atoms with Crippen molar-refractivity contribution in [2.75, 3.05) is 13.1 Å². The van der Waals surface area contributed by atoms with Crippen LogP contribution in [0, 0.1) is 5.92 Å². The van der Waals surface area contributed by atoms with E-state index in [9.17, 15) is 0 Å². The molecule has 4 heteroatoms. The lowest BCUT2D eigenvalue weighted by Crippen LogP contribution is -2.32. The molecule has 16 heavy (non-hydrogen) atoms. The van der Waals surface area contributed by atoms with E-state index in [0.717, 1.165) is 24.7 Å². The Morgan fingerprint density at radius 2 is 2.19 bits per heavy atom. The molecule has 1 saturated carbocycles. The zero-order valence-electron chi connectivity index (χ0n) is 9.69. The molecule has 1 aromatic rings. The number of halogens is 1. The molecule has 88 valence electrons. The van der Waals surface area contributed by atoms with Crippen molar-refractivity contribution in [3.05, 3.63) is 23.2 Å². The van der Waals surface area contributed by atoms with Crippen molar-refractivity contribution in [2.24, 2.45) is 5.92 Å². The number of hydrogen-bond donors (Lipinski definition) is 0. The van der Waals surface area contributed by atoms with Crippen LogP contribution in [0.25, 0.3) is 0 Å². The predicted octanol–water partition coefficient (Wildman–Crippen LogP) is 2.75. The van der Waals surface area contributed by atoms with E-state index in [1.165, 1.54) is 25.8 Å². The molecule has 0 amide bonds. The second kappa shape index (κ2) is 5.60. The fourth-order valence-electron chi connectivity index (χ4n) is 2.00. The lowest BCUT2D eigenvalue weighted by atomic mass is 9.85. The molecular formula is C12H18ClN3. The van der Waals surface area contributed by atoms with Crippen LogP contribution in [-0.2, 0) is 6.54 Å². The van der Waals surface area contributed by atoms with Gasteiger partial charge in [0.1, 0.15) is 5.15 Å². The van der Waals surface area contributed by atoms with Crippen molar-refractivity contribution in [2.45, 2.75) is 32.7 Å². The molecule has 1 fully saturated rings. The summed E-state index contributed by atoms with van der Waals surface area (Å²) in [6, 6.07) is 0. The Bertz CT molecular complexity index is 322. The van der Waals surface area contributed by atoms with Crippen LogP contribution in [0.2, 0.25) is 5.15 Å². The van der Waals surface area contributed by atoms with Gasteiger partial charge in [-0.15, -0.1) is 0 Å². The summed E-state index contributed by atoms with van der Waals surface area (Å²) in [6.07, 6.45) is 7.58. The van der Waals surface area contributed by atoms with Crippen LogP contribution in [-0.4, -0.2) is 28.0 Å². The Morgan fingerprint density at radius 3 is 2.69 bits per heavy atom. The molecule has 0 atom stereocenters. The van der Waals surface area contributed by atoms with Crippen LogP contribution in [0.1, 0.15) is 31.9 Å². The van der Waals surface area contributed by atoms with E-state index in [4.69, 9.17) is 11.6 Å². The maximum Gasteiger partial charge on any atom is 0.147 e. The van der Waals surface area contributed by atoms with Crippen LogP contribution >= 0.6 is 11.6 Å². The fourth-order valence-corrected chi connectivity index (χ4v) is 2.09. The minimum Gasteiger partial charge on any atom is -0.297 e. The molecule has 1 aliphatic rings. The summed E-state index contributed by atoms with van der Waals surface area (Å²) in [6.45, 7) is 5.35. The molecule has 0 N–H and O–H groups in total. The minimum atomic E-state index is 0.464. The Kier molecular flexibility index (Phi) is 4.13. The average molecular weight is 240 g/mol. The zero-order chi connectivity index (χ0) is 11.4. The van der Waals surface area contributed by atoms with Gasteiger partial charge in [-0.25, -0.2) is 4.98 Å². The van der Waals surface area contributed by atoms with Crippen LogP contribution in [0.15, 0.2) is 12.4 Å². The van der Waals surface area contributed by atoms with Crippen molar-refractivity contribution in [3.63, 3.8) is 0 Å². The van der Waals surface area contributed by atoms with Gasteiger partial charge in [-0.2, -0.15) is 0 Å². The van der Waals surface area contributed by atoms with E-state index in [0.29, 0.717) is 5.15 Å². The highest BCUT2D eigenvalue weighted by molar-refractivity contribution is 6.29. The maximum absolute atomic E-state index is 5.71. The number of nitrogens with zero attached hydrogens (tertiary/aromatic N) is 3. The van der Waals surface area contributed by atoms with E-state index in [1.807, 2.05) is 0 Å². The van der Waals surface area contributed by atoms with Gasteiger partial charge in [0.15, 0.2) is 0 Å². The first kappa shape index (κ1) is 11.8. The first-order valence-corrected chi connectivity index (χ1v) is 6.34. The van der Waals surface area contributed by atoms with Gasteiger partial charge < -0.3 is 0 Å². The average Bonchev–Trinajstić information content (AvgIpc) is 2.24. The monoisotopic (exact) mass is 239 g/mol. The summed E-state index contributed by atoms with van der Waals surface area (Å²) in [7, 11) is 0.